The van der Waals surface area contributed by atoms with Crippen molar-refractivity contribution in [2.45, 2.75) is 19.4 Å². The molecule has 1 atom stereocenters. The Labute approximate surface area is 118 Å². The molecule has 2 heterocycles. The average Bonchev–Trinajstić information content (AvgIpc) is 2.93. The maximum Gasteiger partial charge on any atom is 0.157 e. The minimum Gasteiger partial charge on any atom is -0.508 e. The molecule has 1 aromatic carbocycles. The van der Waals surface area contributed by atoms with Gasteiger partial charge in [0.2, 0.25) is 0 Å². The van der Waals surface area contributed by atoms with Crippen LogP contribution in [0.2, 0.25) is 0 Å². The zero-order valence-corrected chi connectivity index (χ0v) is 12.1. The molecule has 1 N–H and O–H groups in total. The third-order valence-corrected chi connectivity index (χ3v) is 5.57. The number of carbonyl (C=O) groups is 1. The molecule has 98 valence electrons. The van der Waals surface area contributed by atoms with Crippen molar-refractivity contribution in [3.63, 3.8) is 0 Å². The number of fused-ring (bicyclic) bond motifs is 1. The molecule has 0 saturated carbocycles. The van der Waals surface area contributed by atoms with Crippen LogP contribution in [0, 0.1) is 0 Å². The van der Waals surface area contributed by atoms with Gasteiger partial charge in [0.25, 0.3) is 0 Å². The molecule has 1 aliphatic heterocycles. The summed E-state index contributed by atoms with van der Waals surface area (Å²) in [6.07, 6.45) is 0. The first-order chi connectivity index (χ1) is 8.98. The molecule has 0 bridgehead atoms. The number of thiazole rings is 1. The summed E-state index contributed by atoms with van der Waals surface area (Å²) in [5, 5.41) is 11.1. The van der Waals surface area contributed by atoms with Gasteiger partial charge in [-0.05, 0) is 32.0 Å². The largest absolute Gasteiger partial charge is 0.508 e. The van der Waals surface area contributed by atoms with Crippen LogP contribution in [0.3, 0.4) is 0 Å². The van der Waals surface area contributed by atoms with Crippen molar-refractivity contribution >= 4 is 44.1 Å². The quantitative estimate of drug-likeness (QED) is 0.924. The highest BCUT2D eigenvalue weighted by Gasteiger charge is 2.36. The maximum atomic E-state index is 11.6. The second-order valence-electron chi connectivity index (χ2n) is 4.71. The third-order valence-electron chi connectivity index (χ3n) is 3.15. The third kappa shape index (κ3) is 2.15. The Hall–Kier alpha value is -1.40. The number of Topliss-reactive ketones (excluding diaryl/α,β-unsaturated/α-hetero) is 1. The lowest BCUT2D eigenvalue weighted by atomic mass is 10.0. The summed E-state index contributed by atoms with van der Waals surface area (Å²) in [6.45, 7) is 3.43. The Balaban J connectivity index is 2.04. The zero-order valence-electron chi connectivity index (χ0n) is 10.5. The van der Waals surface area contributed by atoms with Gasteiger partial charge in [-0.15, -0.1) is 23.1 Å². The first-order valence-corrected chi connectivity index (χ1v) is 7.62. The molecule has 6 heteroatoms. The van der Waals surface area contributed by atoms with Crippen LogP contribution in [0.25, 0.3) is 10.2 Å². The highest BCUT2D eigenvalue weighted by Crippen LogP contribution is 2.35. The lowest BCUT2D eigenvalue weighted by Crippen LogP contribution is -2.31. The summed E-state index contributed by atoms with van der Waals surface area (Å²) < 4.78 is 0.926. The lowest BCUT2D eigenvalue weighted by molar-refractivity contribution is -0.120. The van der Waals surface area contributed by atoms with Crippen molar-refractivity contribution in [3.05, 3.63) is 23.2 Å². The number of aromatic hydroxyl groups is 1. The number of thioether (sulfide) groups is 1. The van der Waals surface area contributed by atoms with Gasteiger partial charge in [-0.1, -0.05) is 0 Å². The van der Waals surface area contributed by atoms with E-state index in [1.54, 1.807) is 36.9 Å². The van der Waals surface area contributed by atoms with Gasteiger partial charge < -0.3 is 5.11 Å². The van der Waals surface area contributed by atoms with Crippen molar-refractivity contribution in [2.75, 3.05) is 5.75 Å². The molecule has 3 rings (SSSR count). The molecule has 1 aromatic heterocycles. The first kappa shape index (κ1) is 12.6. The number of carbonyl (C=O) groups excluding carboxylic acids is 1. The van der Waals surface area contributed by atoms with Crippen LogP contribution in [0.1, 0.15) is 18.9 Å². The van der Waals surface area contributed by atoms with Gasteiger partial charge in [-0.3, -0.25) is 9.79 Å². The molecule has 0 spiro atoms. The van der Waals surface area contributed by atoms with Crippen LogP contribution in [0.4, 0.5) is 0 Å². The van der Waals surface area contributed by atoms with Gasteiger partial charge >= 0.3 is 0 Å². The van der Waals surface area contributed by atoms with E-state index in [4.69, 9.17) is 0 Å². The topological polar surface area (TPSA) is 62.5 Å². The standard InChI is InChI=1S/C13H12N2O2S2/c1-7(16)13(2)6-18-12(15-13)11-14-9-4-3-8(17)5-10(9)19-11/h3-5,17H,6H2,1-2H3. The molecule has 0 fully saturated rings. The Morgan fingerprint density at radius 3 is 2.95 bits per heavy atom. The summed E-state index contributed by atoms with van der Waals surface area (Å²) in [5.41, 5.74) is 0.220. The van der Waals surface area contributed by atoms with Gasteiger partial charge in [0, 0.05) is 5.75 Å². The average molecular weight is 292 g/mol. The van der Waals surface area contributed by atoms with E-state index in [9.17, 15) is 9.90 Å². The van der Waals surface area contributed by atoms with Crippen LogP contribution in [-0.2, 0) is 4.79 Å². The number of phenolic OH excluding ortho intramolecular Hbond substituents is 1. The predicted octanol–water partition coefficient (Wildman–Crippen LogP) is 2.84. The summed E-state index contributed by atoms with van der Waals surface area (Å²) in [5.74, 6) is 0.977. The van der Waals surface area contributed by atoms with Crippen molar-refractivity contribution in [1.82, 2.24) is 4.98 Å². The van der Waals surface area contributed by atoms with E-state index in [2.05, 4.69) is 9.98 Å². The summed E-state index contributed by atoms with van der Waals surface area (Å²) in [7, 11) is 0. The van der Waals surface area contributed by atoms with E-state index in [0.717, 1.165) is 20.3 Å². The number of rotatable bonds is 2. The molecule has 19 heavy (non-hydrogen) atoms. The molecular formula is C13H12N2O2S2. The minimum atomic E-state index is -0.625. The molecule has 4 nitrogen and oxygen atoms in total. The fourth-order valence-corrected chi connectivity index (χ4v) is 4.10. The predicted molar refractivity (Wildman–Crippen MR) is 79.4 cm³/mol. The minimum absolute atomic E-state index is 0.0776. The second-order valence-corrected chi connectivity index (χ2v) is 6.70. The van der Waals surface area contributed by atoms with Crippen molar-refractivity contribution in [3.8, 4) is 5.75 Å². The Bertz CT molecular complexity index is 708. The smallest absolute Gasteiger partial charge is 0.157 e. The monoisotopic (exact) mass is 292 g/mol. The number of phenols is 1. The number of benzene rings is 1. The molecule has 1 unspecified atom stereocenters. The van der Waals surface area contributed by atoms with Gasteiger partial charge in [0.15, 0.2) is 5.78 Å². The van der Waals surface area contributed by atoms with Gasteiger partial charge in [-0.25, -0.2) is 4.98 Å². The summed E-state index contributed by atoms with van der Waals surface area (Å²) >= 11 is 3.05. The fourth-order valence-electron chi connectivity index (χ4n) is 1.79. The number of hydrogen-bond donors (Lipinski definition) is 1. The number of ketones is 1. The van der Waals surface area contributed by atoms with Gasteiger partial charge in [0.05, 0.1) is 10.2 Å². The fraction of sp³-hybridized carbons (Fsp3) is 0.308. The zero-order chi connectivity index (χ0) is 13.6. The van der Waals surface area contributed by atoms with E-state index in [-0.39, 0.29) is 11.5 Å². The molecule has 1 aliphatic rings. The van der Waals surface area contributed by atoms with Crippen LogP contribution < -0.4 is 0 Å². The van der Waals surface area contributed by atoms with Crippen molar-refractivity contribution in [2.24, 2.45) is 4.99 Å². The van der Waals surface area contributed by atoms with Crippen LogP contribution in [0.5, 0.6) is 5.75 Å². The molecule has 0 saturated heterocycles. The van der Waals surface area contributed by atoms with E-state index < -0.39 is 5.54 Å². The number of nitrogens with zero attached hydrogens (tertiary/aromatic N) is 2. The highest BCUT2D eigenvalue weighted by atomic mass is 32.2. The van der Waals surface area contributed by atoms with Crippen LogP contribution in [-0.4, -0.2) is 32.2 Å². The number of hydrogen-bond acceptors (Lipinski definition) is 6. The Morgan fingerprint density at radius 2 is 2.26 bits per heavy atom. The van der Waals surface area contributed by atoms with Crippen LogP contribution in [0.15, 0.2) is 23.2 Å². The SMILES string of the molecule is CC(=O)C1(C)CSC(c2nc3ccc(O)cc3s2)=N1. The van der Waals surface area contributed by atoms with Gasteiger partial charge in [0.1, 0.15) is 21.3 Å². The number of aliphatic imine (C=N–C) groups is 1. The van der Waals surface area contributed by atoms with Crippen molar-refractivity contribution < 1.29 is 9.90 Å². The van der Waals surface area contributed by atoms with Crippen molar-refractivity contribution in [1.29, 1.82) is 0 Å². The second kappa shape index (κ2) is 4.31. The van der Waals surface area contributed by atoms with E-state index in [1.165, 1.54) is 11.3 Å². The summed E-state index contributed by atoms with van der Waals surface area (Å²) in [4.78, 5) is 20.6. The molecule has 0 aliphatic carbocycles. The lowest BCUT2D eigenvalue weighted by Gasteiger charge is -2.13. The van der Waals surface area contributed by atoms with E-state index in [0.29, 0.717) is 5.75 Å². The Kier molecular flexibility index (Phi) is 2.87. The first-order valence-electron chi connectivity index (χ1n) is 5.81. The molecule has 0 amide bonds. The maximum absolute atomic E-state index is 11.6. The normalized spacial score (nSPS) is 22.7. The molecule has 0 radical (unpaired) electrons. The molecular weight excluding hydrogens is 280 g/mol. The summed E-state index contributed by atoms with van der Waals surface area (Å²) in [6, 6.07) is 5.10. The highest BCUT2D eigenvalue weighted by molar-refractivity contribution is 8.15. The number of aromatic nitrogens is 1. The van der Waals surface area contributed by atoms with Crippen LogP contribution >= 0.6 is 23.1 Å². The molecule has 2 aromatic rings. The van der Waals surface area contributed by atoms with E-state index >= 15 is 0 Å². The van der Waals surface area contributed by atoms with E-state index in [1.807, 2.05) is 6.92 Å². The Morgan fingerprint density at radius 1 is 1.47 bits per heavy atom. The van der Waals surface area contributed by atoms with Gasteiger partial charge in [-0.2, -0.15) is 0 Å².